The van der Waals surface area contributed by atoms with E-state index in [-0.39, 0.29) is 16.9 Å². The van der Waals surface area contributed by atoms with Gasteiger partial charge in [-0.3, -0.25) is 14.7 Å². The van der Waals surface area contributed by atoms with E-state index in [1.54, 1.807) is 9.58 Å². The highest BCUT2D eigenvalue weighted by Gasteiger charge is 2.27. The standard InChI is InChI=1S/C23H25N3O2/c1-23(2,3)17-11-9-16(10-12-17)21(27)25-14-13-20-19(15-25)22(28)26(24-20)18-7-5-4-6-8-18/h4-12,24H,13-15H2,1-3H3. The minimum Gasteiger partial charge on any atom is -0.334 e. The van der Waals surface area contributed by atoms with Crippen LogP contribution in [0.4, 0.5) is 0 Å². The zero-order valence-electron chi connectivity index (χ0n) is 16.5. The van der Waals surface area contributed by atoms with Gasteiger partial charge in [0.05, 0.1) is 17.8 Å². The SMILES string of the molecule is CC(C)(C)c1ccc(C(=O)N2CCc3[nH]n(-c4ccccc4)c(=O)c3C2)cc1. The highest BCUT2D eigenvalue weighted by Crippen LogP contribution is 2.23. The smallest absolute Gasteiger partial charge is 0.276 e. The normalized spacial score (nSPS) is 14.0. The van der Waals surface area contributed by atoms with Crippen molar-refractivity contribution in [1.29, 1.82) is 0 Å². The Hall–Kier alpha value is -3.08. The van der Waals surface area contributed by atoms with Crippen LogP contribution in [-0.4, -0.2) is 27.1 Å². The first-order valence-electron chi connectivity index (χ1n) is 9.62. The van der Waals surface area contributed by atoms with E-state index >= 15 is 0 Å². The fourth-order valence-electron chi connectivity index (χ4n) is 3.63. The fraction of sp³-hybridized carbons (Fsp3) is 0.304. The van der Waals surface area contributed by atoms with Crippen molar-refractivity contribution in [1.82, 2.24) is 14.7 Å². The van der Waals surface area contributed by atoms with Gasteiger partial charge in [0.15, 0.2) is 0 Å². The van der Waals surface area contributed by atoms with Gasteiger partial charge in [-0.05, 0) is 35.2 Å². The van der Waals surface area contributed by atoms with Crippen LogP contribution in [0.3, 0.4) is 0 Å². The fourth-order valence-corrected chi connectivity index (χ4v) is 3.63. The van der Waals surface area contributed by atoms with E-state index in [1.165, 1.54) is 5.56 Å². The van der Waals surface area contributed by atoms with Crippen LogP contribution in [0.2, 0.25) is 0 Å². The Labute approximate surface area is 164 Å². The molecule has 0 unspecified atom stereocenters. The predicted molar refractivity (Wildman–Crippen MR) is 110 cm³/mol. The maximum atomic E-state index is 13.0. The lowest BCUT2D eigenvalue weighted by Gasteiger charge is -2.26. The molecular formula is C23H25N3O2. The third-order valence-corrected chi connectivity index (χ3v) is 5.35. The van der Waals surface area contributed by atoms with Crippen LogP contribution in [0.1, 0.15) is 48.0 Å². The molecule has 2 heterocycles. The number of rotatable bonds is 2. The van der Waals surface area contributed by atoms with Gasteiger partial charge < -0.3 is 4.90 Å². The van der Waals surface area contributed by atoms with Crippen LogP contribution in [-0.2, 0) is 18.4 Å². The number of aromatic amines is 1. The second-order valence-electron chi connectivity index (χ2n) is 8.35. The number of carbonyl (C=O) groups is 1. The summed E-state index contributed by atoms with van der Waals surface area (Å²) < 4.78 is 1.57. The summed E-state index contributed by atoms with van der Waals surface area (Å²) in [5, 5.41) is 3.21. The topological polar surface area (TPSA) is 58.1 Å². The second-order valence-corrected chi connectivity index (χ2v) is 8.35. The number of amides is 1. The number of hydrogen-bond donors (Lipinski definition) is 1. The molecule has 144 valence electrons. The van der Waals surface area contributed by atoms with E-state index in [1.807, 2.05) is 54.6 Å². The number of nitrogens with zero attached hydrogens (tertiary/aromatic N) is 2. The molecule has 0 atom stereocenters. The van der Waals surface area contributed by atoms with E-state index < -0.39 is 0 Å². The summed E-state index contributed by atoms with van der Waals surface area (Å²) in [5.74, 6) is -0.0297. The van der Waals surface area contributed by atoms with Gasteiger partial charge >= 0.3 is 0 Å². The lowest BCUT2D eigenvalue weighted by Crippen LogP contribution is -2.37. The molecule has 0 saturated carbocycles. The average Bonchev–Trinajstić information content (AvgIpc) is 3.03. The Morgan fingerprint density at radius 1 is 1.00 bits per heavy atom. The van der Waals surface area contributed by atoms with Crippen molar-refractivity contribution in [3.63, 3.8) is 0 Å². The second kappa shape index (κ2) is 6.82. The van der Waals surface area contributed by atoms with Crippen LogP contribution in [0, 0.1) is 0 Å². The summed E-state index contributed by atoms with van der Waals surface area (Å²) in [4.78, 5) is 27.6. The van der Waals surface area contributed by atoms with Crippen LogP contribution in [0.5, 0.6) is 0 Å². The molecule has 0 bridgehead atoms. The highest BCUT2D eigenvalue weighted by atomic mass is 16.2. The van der Waals surface area contributed by atoms with E-state index in [9.17, 15) is 9.59 Å². The molecule has 1 aliphatic heterocycles. The van der Waals surface area contributed by atoms with E-state index in [0.717, 1.165) is 11.4 Å². The molecule has 28 heavy (non-hydrogen) atoms. The summed E-state index contributed by atoms with van der Waals surface area (Å²) >= 11 is 0. The molecule has 1 amide bonds. The third-order valence-electron chi connectivity index (χ3n) is 5.35. The Morgan fingerprint density at radius 3 is 2.32 bits per heavy atom. The number of para-hydroxylation sites is 1. The zero-order valence-corrected chi connectivity index (χ0v) is 16.5. The number of benzene rings is 2. The number of nitrogens with one attached hydrogen (secondary N) is 1. The predicted octanol–water partition coefficient (Wildman–Crippen LogP) is 3.66. The molecule has 2 aromatic carbocycles. The van der Waals surface area contributed by atoms with Crippen molar-refractivity contribution in [2.75, 3.05) is 6.54 Å². The first kappa shape index (κ1) is 18.3. The van der Waals surface area contributed by atoms with E-state index in [0.29, 0.717) is 30.6 Å². The molecule has 0 aliphatic carbocycles. The summed E-state index contributed by atoms with van der Waals surface area (Å²) in [6, 6.07) is 17.3. The summed E-state index contributed by atoms with van der Waals surface area (Å²) in [7, 11) is 0. The van der Waals surface area contributed by atoms with Crippen molar-refractivity contribution >= 4 is 5.91 Å². The zero-order chi connectivity index (χ0) is 19.9. The molecule has 5 heteroatoms. The number of H-pyrrole nitrogens is 1. The van der Waals surface area contributed by atoms with Gasteiger partial charge in [0.2, 0.25) is 0 Å². The monoisotopic (exact) mass is 375 g/mol. The molecule has 1 aliphatic rings. The third kappa shape index (κ3) is 3.28. The Morgan fingerprint density at radius 2 is 1.68 bits per heavy atom. The van der Waals surface area contributed by atoms with Crippen molar-refractivity contribution in [3.8, 4) is 5.69 Å². The van der Waals surface area contributed by atoms with Crippen molar-refractivity contribution in [3.05, 3.63) is 87.3 Å². The molecule has 0 fully saturated rings. The van der Waals surface area contributed by atoms with Gasteiger partial charge in [0.1, 0.15) is 0 Å². The highest BCUT2D eigenvalue weighted by molar-refractivity contribution is 5.94. The van der Waals surface area contributed by atoms with Gasteiger partial charge in [-0.15, -0.1) is 0 Å². The Balaban J connectivity index is 1.58. The average molecular weight is 375 g/mol. The quantitative estimate of drug-likeness (QED) is 0.743. The summed E-state index contributed by atoms with van der Waals surface area (Å²) in [5.41, 5.74) is 4.22. The molecule has 3 aromatic rings. The van der Waals surface area contributed by atoms with Gasteiger partial charge in [-0.1, -0.05) is 51.1 Å². The maximum Gasteiger partial charge on any atom is 0.276 e. The van der Waals surface area contributed by atoms with Crippen LogP contribution < -0.4 is 5.56 Å². The molecular weight excluding hydrogens is 350 g/mol. The van der Waals surface area contributed by atoms with Crippen molar-refractivity contribution in [2.45, 2.75) is 39.2 Å². The minimum absolute atomic E-state index is 0.0297. The molecule has 1 aromatic heterocycles. The molecule has 1 N–H and O–H groups in total. The number of carbonyl (C=O) groups excluding carboxylic acids is 1. The lowest BCUT2D eigenvalue weighted by atomic mass is 9.86. The summed E-state index contributed by atoms with van der Waals surface area (Å²) in [6.45, 7) is 7.39. The van der Waals surface area contributed by atoms with Crippen molar-refractivity contribution in [2.24, 2.45) is 0 Å². The molecule has 0 radical (unpaired) electrons. The van der Waals surface area contributed by atoms with E-state index in [2.05, 4.69) is 25.9 Å². The van der Waals surface area contributed by atoms with E-state index in [4.69, 9.17) is 0 Å². The van der Waals surface area contributed by atoms with Gasteiger partial charge in [-0.2, -0.15) is 0 Å². The largest absolute Gasteiger partial charge is 0.334 e. The number of aromatic nitrogens is 2. The summed E-state index contributed by atoms with van der Waals surface area (Å²) in [6.07, 6.45) is 0.649. The number of fused-ring (bicyclic) bond motifs is 1. The van der Waals surface area contributed by atoms with Crippen LogP contribution in [0.25, 0.3) is 5.69 Å². The van der Waals surface area contributed by atoms with Gasteiger partial charge in [-0.25, -0.2) is 4.68 Å². The molecule has 4 rings (SSSR count). The Bertz CT molecular complexity index is 1050. The van der Waals surface area contributed by atoms with Gasteiger partial charge in [0, 0.05) is 24.2 Å². The maximum absolute atomic E-state index is 13.0. The first-order valence-corrected chi connectivity index (χ1v) is 9.62. The van der Waals surface area contributed by atoms with Crippen LogP contribution >= 0.6 is 0 Å². The van der Waals surface area contributed by atoms with Crippen molar-refractivity contribution < 1.29 is 4.79 Å². The van der Waals surface area contributed by atoms with Crippen LogP contribution in [0.15, 0.2) is 59.4 Å². The molecule has 0 spiro atoms. The molecule has 5 nitrogen and oxygen atoms in total. The molecule has 0 saturated heterocycles. The lowest BCUT2D eigenvalue weighted by molar-refractivity contribution is 0.0734. The number of hydrogen-bond acceptors (Lipinski definition) is 2. The minimum atomic E-state index is -0.0817. The Kier molecular flexibility index (Phi) is 4.46. The van der Waals surface area contributed by atoms with Gasteiger partial charge in [0.25, 0.3) is 11.5 Å². The first-order chi connectivity index (χ1) is 13.3.